The van der Waals surface area contributed by atoms with Crippen molar-refractivity contribution >= 4 is 38.9 Å². The highest BCUT2D eigenvalue weighted by Gasteiger charge is 2.27. The Morgan fingerprint density at radius 1 is 0.588 bits per heavy atom. The summed E-state index contributed by atoms with van der Waals surface area (Å²) in [5, 5.41) is 2.39. The summed E-state index contributed by atoms with van der Waals surface area (Å²) in [7, 11) is 0. The van der Waals surface area contributed by atoms with E-state index in [1.165, 1.54) is 72.3 Å². The summed E-state index contributed by atoms with van der Waals surface area (Å²) < 4.78 is 8.90. The molecule has 1 aliphatic rings. The van der Waals surface area contributed by atoms with Crippen molar-refractivity contribution in [2.45, 2.75) is 91.6 Å². The molecule has 3 heterocycles. The zero-order chi connectivity index (χ0) is 47.2. The predicted octanol–water partition coefficient (Wildman–Crippen LogP) is 16.4. The van der Waals surface area contributed by atoms with Crippen molar-refractivity contribution in [3.05, 3.63) is 204 Å². The van der Waals surface area contributed by atoms with Gasteiger partial charge in [0.15, 0.2) is 0 Å². The van der Waals surface area contributed by atoms with Crippen molar-refractivity contribution in [1.29, 1.82) is 0 Å². The predicted molar refractivity (Wildman–Crippen MR) is 287 cm³/mol. The van der Waals surface area contributed by atoms with Crippen LogP contribution in [0.3, 0.4) is 0 Å². The maximum absolute atomic E-state index is 6.63. The van der Waals surface area contributed by atoms with Crippen molar-refractivity contribution in [1.82, 2.24) is 9.55 Å². The molecule has 0 spiro atoms. The van der Waals surface area contributed by atoms with Crippen molar-refractivity contribution in [3.63, 3.8) is 0 Å². The van der Waals surface area contributed by atoms with E-state index in [4.69, 9.17) is 9.72 Å². The van der Waals surface area contributed by atoms with Gasteiger partial charge in [-0.05, 0) is 140 Å². The average Bonchev–Trinajstić information content (AvgIpc) is 3.88. The summed E-state index contributed by atoms with van der Waals surface area (Å²) in [6.07, 6.45) is 3.97. The molecule has 0 N–H and O–H groups in total. The second-order valence-electron chi connectivity index (χ2n) is 21.0. The number of pyridine rings is 1. The van der Waals surface area contributed by atoms with Gasteiger partial charge in [0, 0.05) is 35.3 Å². The summed E-state index contributed by atoms with van der Waals surface area (Å²) >= 11 is 0. The van der Waals surface area contributed by atoms with Crippen LogP contribution in [0.25, 0.3) is 49.9 Å². The number of para-hydroxylation sites is 3. The quantitative estimate of drug-likeness (QED) is 0.122. The van der Waals surface area contributed by atoms with Crippen LogP contribution in [0.15, 0.2) is 176 Å². The van der Waals surface area contributed by atoms with Crippen LogP contribution < -0.4 is 14.5 Å². The highest BCUT2D eigenvalue weighted by molar-refractivity contribution is 6.09. The van der Waals surface area contributed by atoms with Crippen molar-refractivity contribution in [2.24, 2.45) is 0 Å². The maximum Gasteiger partial charge on any atom is 0.137 e. The van der Waals surface area contributed by atoms with Crippen LogP contribution in [0.1, 0.15) is 95.5 Å². The molecule has 0 atom stereocenters. The molecule has 0 bridgehead atoms. The summed E-state index contributed by atoms with van der Waals surface area (Å²) in [5.74, 6) is 2.17. The molecule has 1 aliphatic heterocycles. The van der Waals surface area contributed by atoms with E-state index in [0.29, 0.717) is 12.5 Å². The van der Waals surface area contributed by atoms with Crippen molar-refractivity contribution in [3.8, 4) is 33.8 Å². The zero-order valence-electron chi connectivity index (χ0n) is 41.1. The van der Waals surface area contributed by atoms with Crippen LogP contribution in [-0.2, 0) is 23.9 Å². The minimum Gasteiger partial charge on any atom is -0.489 e. The van der Waals surface area contributed by atoms with Gasteiger partial charge in [0.1, 0.15) is 18.2 Å². The molecule has 0 aliphatic carbocycles. The van der Waals surface area contributed by atoms with E-state index < -0.39 is 0 Å². The molecule has 0 amide bonds. The summed E-state index contributed by atoms with van der Waals surface area (Å²) in [5.41, 5.74) is 17.8. The zero-order valence-corrected chi connectivity index (χ0v) is 41.1. The monoisotopic (exact) mass is 893 g/mol. The van der Waals surface area contributed by atoms with Gasteiger partial charge in [0.05, 0.1) is 29.1 Å². The normalized spacial score (nSPS) is 13.0. The molecule has 10 rings (SSSR count). The number of ether oxygens (including phenoxy) is 1. The fraction of sp³-hybridized carbons (Fsp3) is 0.254. The average molecular weight is 893 g/mol. The van der Waals surface area contributed by atoms with E-state index in [1.807, 2.05) is 6.20 Å². The van der Waals surface area contributed by atoms with Crippen LogP contribution in [0.5, 0.6) is 5.75 Å². The number of hydrogen-bond acceptors (Lipinski definition) is 4. The molecule has 342 valence electrons. The van der Waals surface area contributed by atoms with Gasteiger partial charge in [-0.1, -0.05) is 159 Å². The lowest BCUT2D eigenvalue weighted by Gasteiger charge is -2.25. The highest BCUT2D eigenvalue weighted by atomic mass is 16.5. The molecule has 0 fully saturated rings. The first-order chi connectivity index (χ1) is 32.8. The molecule has 2 aromatic heterocycles. The first kappa shape index (κ1) is 44.7. The molecule has 0 saturated carbocycles. The molecular formula is C63H64N4O. The lowest BCUT2D eigenvalue weighted by Crippen LogP contribution is -2.29. The third-order valence-corrected chi connectivity index (χ3v) is 13.8. The van der Waals surface area contributed by atoms with E-state index in [2.05, 4.69) is 240 Å². The van der Waals surface area contributed by atoms with Crippen LogP contribution in [0.2, 0.25) is 0 Å². The number of aromatic nitrogens is 2. The number of anilines is 3. The summed E-state index contributed by atoms with van der Waals surface area (Å²) in [4.78, 5) is 9.89. The van der Waals surface area contributed by atoms with Gasteiger partial charge < -0.3 is 14.5 Å². The Hall–Kier alpha value is -7.11. The SMILES string of the molecule is CC(C)c1cccc(-c2cc(-c3ccccc3)cc(C(C)(C)C)c2)c1CCCN1CN(c2cccc(COc3ccc4c5ccccc5n(-c5cc(C(C)(C)C)ccn5)c4c3)c2)c2ccccc21. The van der Waals surface area contributed by atoms with Gasteiger partial charge in [0.2, 0.25) is 0 Å². The van der Waals surface area contributed by atoms with Crippen LogP contribution >= 0.6 is 0 Å². The fourth-order valence-corrected chi connectivity index (χ4v) is 10.1. The van der Waals surface area contributed by atoms with E-state index in [0.717, 1.165) is 54.2 Å². The minimum absolute atomic E-state index is 0.00779. The number of fused-ring (bicyclic) bond motifs is 4. The van der Waals surface area contributed by atoms with Crippen LogP contribution in [0, 0.1) is 0 Å². The molecule has 0 unspecified atom stereocenters. The Morgan fingerprint density at radius 3 is 2.10 bits per heavy atom. The molecule has 5 nitrogen and oxygen atoms in total. The first-order valence-corrected chi connectivity index (χ1v) is 24.5. The van der Waals surface area contributed by atoms with Gasteiger partial charge in [-0.15, -0.1) is 0 Å². The molecule has 68 heavy (non-hydrogen) atoms. The number of nitrogens with zero attached hydrogens (tertiary/aromatic N) is 4. The molecular weight excluding hydrogens is 829 g/mol. The van der Waals surface area contributed by atoms with E-state index in [9.17, 15) is 0 Å². The van der Waals surface area contributed by atoms with Crippen LogP contribution in [-0.4, -0.2) is 22.8 Å². The number of rotatable bonds is 12. The third kappa shape index (κ3) is 8.90. The van der Waals surface area contributed by atoms with Gasteiger partial charge in [-0.3, -0.25) is 4.57 Å². The summed E-state index contributed by atoms with van der Waals surface area (Å²) in [6, 6.07) is 62.2. The molecule has 0 radical (unpaired) electrons. The fourth-order valence-electron chi connectivity index (χ4n) is 10.1. The van der Waals surface area contributed by atoms with Crippen molar-refractivity contribution < 1.29 is 4.74 Å². The molecule has 7 aromatic carbocycles. The van der Waals surface area contributed by atoms with E-state index in [1.54, 1.807) is 0 Å². The Balaban J connectivity index is 0.882. The lowest BCUT2D eigenvalue weighted by atomic mass is 9.81. The largest absolute Gasteiger partial charge is 0.489 e. The number of hydrogen-bond donors (Lipinski definition) is 0. The number of benzene rings is 7. The summed E-state index contributed by atoms with van der Waals surface area (Å²) in [6.45, 7) is 20.6. The minimum atomic E-state index is 0.00779. The maximum atomic E-state index is 6.63. The van der Waals surface area contributed by atoms with Gasteiger partial charge in [0.25, 0.3) is 0 Å². The van der Waals surface area contributed by atoms with E-state index in [-0.39, 0.29) is 10.8 Å². The Morgan fingerprint density at radius 2 is 1.31 bits per heavy atom. The Labute approximate surface area is 403 Å². The van der Waals surface area contributed by atoms with E-state index >= 15 is 0 Å². The second kappa shape index (κ2) is 18.2. The highest BCUT2D eigenvalue weighted by Crippen LogP contribution is 2.42. The van der Waals surface area contributed by atoms with Gasteiger partial charge >= 0.3 is 0 Å². The molecule has 9 aromatic rings. The molecule has 0 saturated heterocycles. The van der Waals surface area contributed by atoms with Gasteiger partial charge in [-0.25, -0.2) is 4.98 Å². The molecule has 5 heteroatoms. The standard InChI is InChI=1S/C63H64N4O/c1-43(2)52-24-17-25-53(47-36-46(45-20-10-9-11-21-45)37-49(38-47)63(6,7)8)54(52)26-18-34-65-42-66(59-29-15-14-28-58(59)65)50-22-16-19-44(35-50)41-68-51-30-31-56-55-23-12-13-27-57(55)67(60(56)40-51)61-39-48(32-33-64-61)62(3,4)5/h9-17,19-25,27-33,35-40,43H,18,26,34,41-42H2,1-8H3. The smallest absolute Gasteiger partial charge is 0.137 e. The van der Waals surface area contributed by atoms with Crippen molar-refractivity contribution in [2.75, 3.05) is 23.0 Å². The van der Waals surface area contributed by atoms with Gasteiger partial charge in [-0.2, -0.15) is 0 Å². The Bertz CT molecular complexity index is 3260. The lowest BCUT2D eigenvalue weighted by molar-refractivity contribution is 0.306. The first-order valence-electron chi connectivity index (χ1n) is 24.5. The second-order valence-corrected chi connectivity index (χ2v) is 21.0. The van der Waals surface area contributed by atoms with Crippen LogP contribution in [0.4, 0.5) is 17.1 Å². The third-order valence-electron chi connectivity index (χ3n) is 13.8. The topological polar surface area (TPSA) is 33.5 Å². The Kier molecular flexibility index (Phi) is 12.0.